The lowest BCUT2D eigenvalue weighted by Gasteiger charge is -2.26. The molecule has 1 saturated heterocycles. The molecule has 3 aromatic rings. The Kier molecular flexibility index (Phi) is 6.49. The second-order valence-electron chi connectivity index (χ2n) is 7.72. The van der Waals surface area contributed by atoms with Crippen LogP contribution in [0.5, 0.6) is 11.5 Å². The monoisotopic (exact) mass is 517 g/mol. The van der Waals surface area contributed by atoms with E-state index < -0.39 is 23.5 Å². The molecule has 3 aromatic carbocycles. The highest BCUT2D eigenvalue weighted by Gasteiger charge is 2.47. The smallest absolute Gasteiger partial charge is 0.300 e. The summed E-state index contributed by atoms with van der Waals surface area (Å²) in [6.45, 7) is 1.77. The summed E-state index contributed by atoms with van der Waals surface area (Å²) < 4.78 is 5.37. The van der Waals surface area contributed by atoms with E-state index in [0.717, 1.165) is 0 Å². The minimum atomic E-state index is -1.04. The van der Waals surface area contributed by atoms with E-state index in [1.54, 1.807) is 31.2 Å². The molecule has 1 fully saturated rings. The van der Waals surface area contributed by atoms with E-state index >= 15 is 0 Å². The number of aryl methyl sites for hydroxylation is 1. The molecule has 0 saturated carbocycles. The summed E-state index contributed by atoms with van der Waals surface area (Å²) in [6, 6.07) is 12.7. The molecule has 1 atom stereocenters. The lowest BCUT2D eigenvalue weighted by Crippen LogP contribution is -2.29. The third kappa shape index (κ3) is 4.20. The summed E-state index contributed by atoms with van der Waals surface area (Å²) in [5.41, 5.74) is 1.44. The standard InChI is InChI=1S/C25H18Cl3NO5/c1-12-7-18(24(34-2)19(28)8-12)22(31)20-21(13-3-5-17(30)6-4-13)29(25(33)23(20)32)16-10-14(26)9-15(27)11-16/h3-11,21,30-31H,1-2H3/b22-20+. The van der Waals surface area contributed by atoms with Gasteiger partial charge in [0.2, 0.25) is 0 Å². The van der Waals surface area contributed by atoms with Gasteiger partial charge in [0, 0.05) is 15.7 Å². The minimum Gasteiger partial charge on any atom is -0.508 e. The zero-order valence-corrected chi connectivity index (χ0v) is 20.2. The Bertz CT molecular complexity index is 1330. The van der Waals surface area contributed by atoms with Crippen molar-refractivity contribution in [2.24, 2.45) is 0 Å². The number of carbonyl (C=O) groups is 2. The predicted molar refractivity (Wildman–Crippen MR) is 132 cm³/mol. The van der Waals surface area contributed by atoms with Crippen LogP contribution in [-0.4, -0.2) is 29.0 Å². The van der Waals surface area contributed by atoms with Crippen molar-refractivity contribution in [1.29, 1.82) is 0 Å². The maximum absolute atomic E-state index is 13.3. The number of amides is 1. The molecule has 0 aliphatic carbocycles. The average Bonchev–Trinajstić information content (AvgIpc) is 3.03. The van der Waals surface area contributed by atoms with E-state index in [-0.39, 0.29) is 43.4 Å². The van der Waals surface area contributed by atoms with Crippen molar-refractivity contribution in [3.8, 4) is 11.5 Å². The first-order chi connectivity index (χ1) is 16.1. The van der Waals surface area contributed by atoms with Crippen LogP contribution in [0.25, 0.3) is 5.76 Å². The van der Waals surface area contributed by atoms with Gasteiger partial charge in [0.1, 0.15) is 17.3 Å². The van der Waals surface area contributed by atoms with Gasteiger partial charge in [0.15, 0.2) is 0 Å². The van der Waals surface area contributed by atoms with Gasteiger partial charge in [-0.25, -0.2) is 0 Å². The number of aromatic hydroxyl groups is 1. The molecule has 4 rings (SSSR count). The maximum Gasteiger partial charge on any atom is 0.300 e. The van der Waals surface area contributed by atoms with Crippen molar-refractivity contribution in [3.63, 3.8) is 0 Å². The fourth-order valence-electron chi connectivity index (χ4n) is 4.01. The van der Waals surface area contributed by atoms with Gasteiger partial charge in [0.05, 0.1) is 29.3 Å². The molecule has 0 aromatic heterocycles. The molecule has 1 unspecified atom stereocenters. The van der Waals surface area contributed by atoms with E-state index in [1.165, 1.54) is 42.3 Å². The molecule has 1 aliphatic rings. The third-order valence-corrected chi connectivity index (χ3v) is 6.14. The van der Waals surface area contributed by atoms with Crippen LogP contribution in [0.4, 0.5) is 5.69 Å². The highest BCUT2D eigenvalue weighted by Crippen LogP contribution is 2.45. The van der Waals surface area contributed by atoms with Crippen LogP contribution in [0.15, 0.2) is 60.2 Å². The quantitative estimate of drug-likeness (QED) is 0.241. The maximum atomic E-state index is 13.3. The van der Waals surface area contributed by atoms with Crippen molar-refractivity contribution in [3.05, 3.63) is 91.9 Å². The lowest BCUT2D eigenvalue weighted by molar-refractivity contribution is -0.132. The van der Waals surface area contributed by atoms with Gasteiger partial charge < -0.3 is 14.9 Å². The fourth-order valence-corrected chi connectivity index (χ4v) is 4.87. The molecule has 6 nitrogen and oxygen atoms in total. The molecule has 1 amide bonds. The van der Waals surface area contributed by atoms with Crippen LogP contribution in [-0.2, 0) is 9.59 Å². The first kappa shape index (κ1) is 24.0. The van der Waals surface area contributed by atoms with Gasteiger partial charge >= 0.3 is 0 Å². The van der Waals surface area contributed by atoms with Gasteiger partial charge in [-0.1, -0.05) is 46.9 Å². The van der Waals surface area contributed by atoms with Crippen molar-refractivity contribution in [2.45, 2.75) is 13.0 Å². The third-order valence-electron chi connectivity index (χ3n) is 5.43. The highest BCUT2D eigenvalue weighted by atomic mass is 35.5. The molecule has 1 heterocycles. The van der Waals surface area contributed by atoms with Crippen molar-refractivity contribution in [2.75, 3.05) is 12.0 Å². The topological polar surface area (TPSA) is 87.1 Å². The number of benzene rings is 3. The molecular weight excluding hydrogens is 501 g/mol. The molecule has 0 spiro atoms. The number of anilines is 1. The number of hydrogen-bond donors (Lipinski definition) is 2. The Hall–Kier alpha value is -3.19. The Labute approximate surface area is 210 Å². The Balaban J connectivity index is 2.02. The first-order valence-electron chi connectivity index (χ1n) is 10.0. The van der Waals surface area contributed by atoms with Crippen molar-refractivity contribution in [1.82, 2.24) is 0 Å². The number of methoxy groups -OCH3 is 1. The zero-order chi connectivity index (χ0) is 24.7. The summed E-state index contributed by atoms with van der Waals surface area (Å²) in [7, 11) is 1.39. The normalized spacial score (nSPS) is 17.3. The largest absolute Gasteiger partial charge is 0.508 e. The van der Waals surface area contributed by atoms with E-state index in [2.05, 4.69) is 0 Å². The number of aliphatic hydroxyl groups excluding tert-OH is 1. The predicted octanol–water partition coefficient (Wildman–Crippen LogP) is 6.30. The Morgan fingerprint density at radius 3 is 2.18 bits per heavy atom. The molecule has 34 heavy (non-hydrogen) atoms. The van der Waals surface area contributed by atoms with Crippen LogP contribution < -0.4 is 9.64 Å². The number of halogens is 3. The van der Waals surface area contributed by atoms with Gasteiger partial charge in [-0.05, 0) is 60.5 Å². The SMILES string of the molecule is COc1c(Cl)cc(C)cc1/C(O)=C1\C(=O)C(=O)N(c2cc(Cl)cc(Cl)c2)C1c1ccc(O)cc1. The number of hydrogen-bond acceptors (Lipinski definition) is 5. The highest BCUT2D eigenvalue weighted by molar-refractivity contribution is 6.52. The summed E-state index contributed by atoms with van der Waals surface area (Å²) >= 11 is 18.6. The second kappa shape index (κ2) is 9.22. The summed E-state index contributed by atoms with van der Waals surface area (Å²) in [5.74, 6) is -2.08. The number of carbonyl (C=O) groups excluding carboxylic acids is 2. The second-order valence-corrected chi connectivity index (χ2v) is 9.00. The van der Waals surface area contributed by atoms with Crippen LogP contribution in [0.2, 0.25) is 15.1 Å². The van der Waals surface area contributed by atoms with E-state index in [4.69, 9.17) is 39.5 Å². The number of Topliss-reactive ketones (excluding diaryl/α,β-unsaturated/α-hetero) is 1. The molecule has 174 valence electrons. The minimum absolute atomic E-state index is 0.00126. The van der Waals surface area contributed by atoms with Crippen molar-refractivity contribution >= 4 is 57.9 Å². The van der Waals surface area contributed by atoms with Crippen LogP contribution in [0, 0.1) is 6.92 Å². The Morgan fingerprint density at radius 1 is 0.971 bits per heavy atom. The molecule has 9 heteroatoms. The van der Waals surface area contributed by atoms with Crippen molar-refractivity contribution < 1.29 is 24.5 Å². The summed E-state index contributed by atoms with van der Waals surface area (Å²) in [6.07, 6.45) is 0. The molecule has 1 aliphatic heterocycles. The molecule has 0 radical (unpaired) electrons. The number of nitrogens with zero attached hydrogens (tertiary/aromatic N) is 1. The van der Waals surface area contributed by atoms with Gasteiger partial charge in [-0.2, -0.15) is 0 Å². The summed E-state index contributed by atoms with van der Waals surface area (Å²) in [4.78, 5) is 27.8. The van der Waals surface area contributed by atoms with Gasteiger partial charge in [-0.15, -0.1) is 0 Å². The number of aliphatic hydroxyl groups is 1. The fraction of sp³-hybridized carbons (Fsp3) is 0.120. The van der Waals surface area contributed by atoms with Crippen LogP contribution >= 0.6 is 34.8 Å². The van der Waals surface area contributed by atoms with Crippen LogP contribution in [0.3, 0.4) is 0 Å². The molecule has 2 N–H and O–H groups in total. The number of phenols is 1. The van der Waals surface area contributed by atoms with E-state index in [9.17, 15) is 19.8 Å². The summed E-state index contributed by atoms with van der Waals surface area (Å²) in [5, 5.41) is 21.9. The number of rotatable bonds is 4. The first-order valence-corrected chi connectivity index (χ1v) is 11.2. The van der Waals surface area contributed by atoms with E-state index in [1.807, 2.05) is 0 Å². The number of ether oxygens (including phenoxy) is 1. The number of ketones is 1. The van der Waals surface area contributed by atoms with E-state index in [0.29, 0.717) is 11.1 Å². The molecule has 0 bridgehead atoms. The average molecular weight is 519 g/mol. The number of phenolic OH excluding ortho intramolecular Hbond substituents is 1. The Morgan fingerprint density at radius 2 is 1.59 bits per heavy atom. The van der Waals surface area contributed by atoms with Gasteiger partial charge in [-0.3, -0.25) is 14.5 Å². The lowest BCUT2D eigenvalue weighted by atomic mass is 9.94. The zero-order valence-electron chi connectivity index (χ0n) is 18.0. The van der Waals surface area contributed by atoms with Gasteiger partial charge in [0.25, 0.3) is 11.7 Å². The molecular formula is C25H18Cl3NO5. The van der Waals surface area contributed by atoms with Crippen LogP contribution in [0.1, 0.15) is 22.7 Å².